The molecule has 0 radical (unpaired) electrons. The number of benzene rings is 1. The maximum Gasteiger partial charge on any atom is 0.132 e. The first-order chi connectivity index (χ1) is 10.3. The van der Waals surface area contributed by atoms with Crippen LogP contribution in [0.1, 0.15) is 37.1 Å². The van der Waals surface area contributed by atoms with Gasteiger partial charge in [-0.05, 0) is 31.4 Å². The first kappa shape index (κ1) is 12.0. The molecule has 108 valence electrons. The number of rotatable bonds is 0. The molecule has 1 aliphatic carbocycles. The van der Waals surface area contributed by atoms with Crippen molar-refractivity contribution < 1.29 is 4.90 Å². The lowest BCUT2D eigenvalue weighted by Gasteiger charge is -2.34. The molecule has 5 atom stereocenters. The molecule has 0 saturated carbocycles. The van der Waals surface area contributed by atoms with Crippen molar-refractivity contribution in [3.05, 3.63) is 47.7 Å². The van der Waals surface area contributed by atoms with Crippen LogP contribution in [0.4, 0.5) is 0 Å². The second-order valence-corrected chi connectivity index (χ2v) is 7.29. The highest BCUT2D eigenvalue weighted by Gasteiger charge is 2.51. The van der Waals surface area contributed by atoms with Crippen molar-refractivity contribution in [3.63, 3.8) is 0 Å². The number of para-hydroxylation sites is 1. The molecule has 1 fully saturated rings. The standard InChI is InChI=1S/C19H22N2/c1-12-10-16-15-8-4-5-9-17(15)20-18(16)19-14-7-3-2-6-13(14)11-21(12)19/h2-5,8-9,12-14,19-20H,6-7,10-11H2,1H3/p+1/t12-,13-,14+,19+/m1/s1. The molecule has 21 heavy (non-hydrogen) atoms. The van der Waals surface area contributed by atoms with E-state index < -0.39 is 0 Å². The van der Waals surface area contributed by atoms with Crippen LogP contribution in [-0.2, 0) is 6.42 Å². The summed E-state index contributed by atoms with van der Waals surface area (Å²) in [5.74, 6) is 1.74. The lowest BCUT2D eigenvalue weighted by molar-refractivity contribution is -0.946. The summed E-state index contributed by atoms with van der Waals surface area (Å²) in [6.07, 6.45) is 8.65. The second-order valence-electron chi connectivity index (χ2n) is 7.29. The molecule has 2 N–H and O–H groups in total. The maximum atomic E-state index is 3.80. The van der Waals surface area contributed by atoms with E-state index in [9.17, 15) is 0 Å². The molecular formula is C19H23N2+. The van der Waals surface area contributed by atoms with Gasteiger partial charge in [-0.25, -0.2) is 0 Å². The Morgan fingerprint density at radius 2 is 2.00 bits per heavy atom. The summed E-state index contributed by atoms with van der Waals surface area (Å²) in [4.78, 5) is 5.64. The second kappa shape index (κ2) is 4.23. The Balaban J connectivity index is 1.70. The molecule has 2 heteroatoms. The smallest absolute Gasteiger partial charge is 0.132 e. The molecule has 5 rings (SSSR count). The molecule has 2 aromatic rings. The number of H-pyrrole nitrogens is 1. The van der Waals surface area contributed by atoms with E-state index in [-0.39, 0.29) is 0 Å². The highest BCUT2D eigenvalue weighted by Crippen LogP contribution is 2.42. The summed E-state index contributed by atoms with van der Waals surface area (Å²) in [5, 5.41) is 1.47. The van der Waals surface area contributed by atoms with Gasteiger partial charge in [0.1, 0.15) is 6.04 Å². The van der Waals surface area contributed by atoms with Gasteiger partial charge in [0.05, 0.1) is 18.3 Å². The van der Waals surface area contributed by atoms with Gasteiger partial charge in [0.25, 0.3) is 0 Å². The van der Waals surface area contributed by atoms with Crippen molar-refractivity contribution in [2.45, 2.75) is 38.3 Å². The van der Waals surface area contributed by atoms with E-state index in [0.29, 0.717) is 6.04 Å². The molecule has 2 aliphatic heterocycles. The Hall–Kier alpha value is -1.54. The Labute approximate surface area is 125 Å². The summed E-state index contributed by atoms with van der Waals surface area (Å²) in [6, 6.07) is 10.3. The number of allylic oxidation sites excluding steroid dienone is 2. The predicted molar refractivity (Wildman–Crippen MR) is 85.4 cm³/mol. The number of fused-ring (bicyclic) bond motifs is 7. The minimum Gasteiger partial charge on any atom is -0.353 e. The molecule has 3 aliphatic rings. The fourth-order valence-electron chi connectivity index (χ4n) is 5.29. The van der Waals surface area contributed by atoms with E-state index in [1.165, 1.54) is 36.7 Å². The van der Waals surface area contributed by atoms with E-state index in [4.69, 9.17) is 0 Å². The van der Waals surface area contributed by atoms with Gasteiger partial charge < -0.3 is 9.88 Å². The highest BCUT2D eigenvalue weighted by atomic mass is 15.2. The van der Waals surface area contributed by atoms with Crippen LogP contribution in [0.5, 0.6) is 0 Å². The molecule has 0 amide bonds. The maximum absolute atomic E-state index is 3.80. The quantitative estimate of drug-likeness (QED) is 0.692. The van der Waals surface area contributed by atoms with Crippen molar-refractivity contribution in [2.75, 3.05) is 6.54 Å². The van der Waals surface area contributed by atoms with Crippen LogP contribution in [0.25, 0.3) is 10.9 Å². The lowest BCUT2D eigenvalue weighted by atomic mass is 9.79. The van der Waals surface area contributed by atoms with Gasteiger partial charge >= 0.3 is 0 Å². The number of hydrogen-bond acceptors (Lipinski definition) is 0. The van der Waals surface area contributed by atoms with Crippen LogP contribution >= 0.6 is 0 Å². The highest BCUT2D eigenvalue weighted by molar-refractivity contribution is 5.85. The van der Waals surface area contributed by atoms with E-state index in [0.717, 1.165) is 17.9 Å². The average molecular weight is 279 g/mol. The first-order valence-corrected chi connectivity index (χ1v) is 8.43. The number of hydrogen-bond donors (Lipinski definition) is 2. The van der Waals surface area contributed by atoms with E-state index in [1.54, 1.807) is 11.3 Å². The molecule has 3 heterocycles. The van der Waals surface area contributed by atoms with Crippen LogP contribution in [-0.4, -0.2) is 17.6 Å². The van der Waals surface area contributed by atoms with Crippen LogP contribution < -0.4 is 4.90 Å². The minimum atomic E-state index is 0.700. The molecule has 0 spiro atoms. The summed E-state index contributed by atoms with van der Waals surface area (Å²) in [5.41, 5.74) is 4.51. The van der Waals surface area contributed by atoms with Gasteiger partial charge in [0.15, 0.2) is 0 Å². The fourth-order valence-corrected chi connectivity index (χ4v) is 5.29. The zero-order chi connectivity index (χ0) is 14.0. The van der Waals surface area contributed by atoms with Crippen molar-refractivity contribution in [1.29, 1.82) is 0 Å². The van der Waals surface area contributed by atoms with Gasteiger partial charge in [-0.1, -0.05) is 30.4 Å². The van der Waals surface area contributed by atoms with Crippen LogP contribution in [0.3, 0.4) is 0 Å². The normalized spacial score (nSPS) is 37.3. The molecule has 2 nitrogen and oxygen atoms in total. The minimum absolute atomic E-state index is 0.700. The van der Waals surface area contributed by atoms with Gasteiger partial charge in [0, 0.05) is 29.2 Å². The summed E-state index contributed by atoms with van der Waals surface area (Å²) in [6.45, 7) is 3.83. The largest absolute Gasteiger partial charge is 0.353 e. The zero-order valence-corrected chi connectivity index (χ0v) is 12.6. The van der Waals surface area contributed by atoms with Crippen LogP contribution in [0.15, 0.2) is 36.4 Å². The van der Waals surface area contributed by atoms with Crippen molar-refractivity contribution in [2.24, 2.45) is 11.8 Å². The predicted octanol–water partition coefficient (Wildman–Crippen LogP) is 2.63. The third kappa shape index (κ3) is 1.57. The Morgan fingerprint density at radius 3 is 2.95 bits per heavy atom. The van der Waals surface area contributed by atoms with Crippen molar-refractivity contribution in [3.8, 4) is 0 Å². The number of nitrogens with one attached hydrogen (secondary N) is 2. The molecular weight excluding hydrogens is 256 g/mol. The number of aromatic amines is 1. The summed E-state index contributed by atoms with van der Waals surface area (Å²) < 4.78 is 0. The lowest BCUT2D eigenvalue weighted by Crippen LogP contribution is -3.15. The van der Waals surface area contributed by atoms with Crippen molar-refractivity contribution >= 4 is 10.9 Å². The van der Waals surface area contributed by atoms with Gasteiger partial charge in [0.2, 0.25) is 0 Å². The van der Waals surface area contributed by atoms with Gasteiger partial charge in [-0.15, -0.1) is 0 Å². The Bertz CT molecular complexity index is 726. The number of quaternary nitrogens is 1. The first-order valence-electron chi connectivity index (χ1n) is 8.43. The molecule has 1 saturated heterocycles. The van der Waals surface area contributed by atoms with E-state index >= 15 is 0 Å². The van der Waals surface area contributed by atoms with Gasteiger partial charge in [-0.3, -0.25) is 0 Å². The summed E-state index contributed by atoms with van der Waals surface area (Å²) >= 11 is 0. The van der Waals surface area contributed by atoms with Crippen LogP contribution in [0.2, 0.25) is 0 Å². The van der Waals surface area contributed by atoms with Crippen molar-refractivity contribution in [1.82, 2.24) is 4.98 Å². The monoisotopic (exact) mass is 279 g/mol. The average Bonchev–Trinajstić information content (AvgIpc) is 3.06. The molecule has 1 aromatic carbocycles. The fraction of sp³-hybridized carbons (Fsp3) is 0.474. The topological polar surface area (TPSA) is 20.2 Å². The molecule has 1 aromatic heterocycles. The Kier molecular flexibility index (Phi) is 2.43. The van der Waals surface area contributed by atoms with E-state index in [2.05, 4.69) is 48.3 Å². The third-order valence-electron chi connectivity index (χ3n) is 6.25. The molecule has 1 unspecified atom stereocenters. The third-order valence-corrected chi connectivity index (χ3v) is 6.25. The summed E-state index contributed by atoms with van der Waals surface area (Å²) in [7, 11) is 0. The van der Waals surface area contributed by atoms with E-state index in [1.807, 2.05) is 4.90 Å². The SMILES string of the molecule is C[C@@H]1Cc2c([nH]c3ccccc23)[C@@H]2[C@H]3CC=CC[C@@H]3C[NH+]12. The number of aromatic nitrogens is 1. The van der Waals surface area contributed by atoms with Crippen LogP contribution in [0, 0.1) is 11.8 Å². The zero-order valence-electron chi connectivity index (χ0n) is 12.6. The Morgan fingerprint density at radius 1 is 1.14 bits per heavy atom. The van der Waals surface area contributed by atoms with Gasteiger partial charge in [-0.2, -0.15) is 0 Å². The molecule has 0 bridgehead atoms.